The topological polar surface area (TPSA) is 69.7 Å². The van der Waals surface area contributed by atoms with E-state index in [-0.39, 0.29) is 29.2 Å². The summed E-state index contributed by atoms with van der Waals surface area (Å²) in [6, 6.07) is 0.0591. The first-order chi connectivity index (χ1) is 13.9. The lowest BCUT2D eigenvalue weighted by Crippen LogP contribution is -2.46. The second kappa shape index (κ2) is 10.1. The zero-order valence-electron chi connectivity index (χ0n) is 20.1. The molecule has 1 N–H and O–H groups in total. The zero-order chi connectivity index (χ0) is 22.5. The van der Waals surface area contributed by atoms with E-state index in [1.165, 1.54) is 4.90 Å². The van der Waals surface area contributed by atoms with Crippen LogP contribution in [0.3, 0.4) is 0 Å². The molecular weight excluding hydrogens is 378 g/mol. The van der Waals surface area contributed by atoms with Crippen molar-refractivity contribution in [1.82, 2.24) is 15.1 Å². The Bertz CT molecular complexity index is 610. The summed E-state index contributed by atoms with van der Waals surface area (Å²) in [5.41, 5.74) is 0.155. The molecule has 2 saturated heterocycles. The largest absolute Gasteiger partial charge is 0.338 e. The van der Waals surface area contributed by atoms with Gasteiger partial charge >= 0.3 is 6.03 Å². The Kier molecular flexibility index (Phi) is 8.35. The first-order valence-electron chi connectivity index (χ1n) is 11.8. The molecule has 0 aliphatic carbocycles. The number of imide groups is 1. The van der Waals surface area contributed by atoms with Gasteiger partial charge in [-0.3, -0.25) is 14.5 Å². The molecule has 2 fully saturated rings. The summed E-state index contributed by atoms with van der Waals surface area (Å²) in [7, 11) is 0. The molecule has 172 valence electrons. The van der Waals surface area contributed by atoms with Gasteiger partial charge in [0.15, 0.2) is 0 Å². The van der Waals surface area contributed by atoms with Crippen molar-refractivity contribution < 1.29 is 14.4 Å². The maximum Gasteiger partial charge on any atom is 0.317 e. The van der Waals surface area contributed by atoms with E-state index in [2.05, 4.69) is 26.1 Å². The van der Waals surface area contributed by atoms with Gasteiger partial charge in [0.25, 0.3) is 0 Å². The fraction of sp³-hybridized carbons (Fsp3) is 0.875. The SMILES string of the molecule is CC(C)(C)C1CCN(C(=O)NCCCCCCN2C(=O)CC(C(C)(C)C)C2=O)CC1. The lowest BCUT2D eigenvalue weighted by molar-refractivity contribution is -0.140. The predicted molar refractivity (Wildman–Crippen MR) is 120 cm³/mol. The maximum atomic E-state index is 12.5. The van der Waals surface area contributed by atoms with Crippen LogP contribution in [0.5, 0.6) is 0 Å². The van der Waals surface area contributed by atoms with E-state index in [4.69, 9.17) is 0 Å². The number of piperidine rings is 1. The normalized spacial score (nSPS) is 21.5. The highest BCUT2D eigenvalue weighted by atomic mass is 16.2. The molecule has 1 unspecified atom stereocenters. The van der Waals surface area contributed by atoms with Crippen molar-refractivity contribution in [2.24, 2.45) is 22.7 Å². The summed E-state index contributed by atoms with van der Waals surface area (Å²) in [5.74, 6) is 0.473. The summed E-state index contributed by atoms with van der Waals surface area (Å²) < 4.78 is 0. The van der Waals surface area contributed by atoms with E-state index in [1.807, 2.05) is 25.7 Å². The second-order valence-corrected chi connectivity index (χ2v) is 11.3. The van der Waals surface area contributed by atoms with Crippen molar-refractivity contribution in [2.45, 2.75) is 86.5 Å². The van der Waals surface area contributed by atoms with E-state index >= 15 is 0 Å². The molecule has 0 bridgehead atoms. The second-order valence-electron chi connectivity index (χ2n) is 11.3. The number of amides is 4. The van der Waals surface area contributed by atoms with Crippen molar-refractivity contribution in [3.8, 4) is 0 Å². The standard InChI is InChI=1S/C24H43N3O3/c1-23(2,3)18-11-15-26(16-12-18)22(30)25-13-9-7-8-10-14-27-20(28)17-19(21(27)29)24(4,5)6/h18-19H,7-17H2,1-6H3,(H,25,30). The van der Waals surface area contributed by atoms with Crippen molar-refractivity contribution in [2.75, 3.05) is 26.2 Å². The molecule has 1 atom stereocenters. The third-order valence-electron chi connectivity index (χ3n) is 6.88. The fourth-order valence-corrected chi connectivity index (χ4v) is 4.60. The minimum atomic E-state index is -0.186. The number of unbranched alkanes of at least 4 members (excludes halogenated alkanes) is 3. The number of carbonyl (C=O) groups is 3. The predicted octanol–water partition coefficient (Wildman–Crippen LogP) is 4.44. The van der Waals surface area contributed by atoms with Crippen LogP contribution < -0.4 is 5.32 Å². The van der Waals surface area contributed by atoms with Crippen LogP contribution in [0.1, 0.15) is 86.5 Å². The maximum absolute atomic E-state index is 12.5. The van der Waals surface area contributed by atoms with Gasteiger partial charge < -0.3 is 10.2 Å². The highest BCUT2D eigenvalue weighted by Crippen LogP contribution is 2.36. The molecular formula is C24H43N3O3. The molecule has 2 aliphatic heterocycles. The Hall–Kier alpha value is -1.59. The van der Waals surface area contributed by atoms with Crippen LogP contribution in [-0.2, 0) is 9.59 Å². The number of hydrogen-bond donors (Lipinski definition) is 1. The van der Waals surface area contributed by atoms with Gasteiger partial charge in [-0.05, 0) is 42.4 Å². The highest BCUT2D eigenvalue weighted by Gasteiger charge is 2.44. The Morgan fingerprint density at radius 2 is 1.53 bits per heavy atom. The molecule has 0 spiro atoms. The van der Waals surface area contributed by atoms with Crippen LogP contribution in [0, 0.1) is 22.7 Å². The summed E-state index contributed by atoms with van der Waals surface area (Å²) in [6.07, 6.45) is 6.23. The monoisotopic (exact) mass is 421 g/mol. The van der Waals surface area contributed by atoms with E-state index in [0.717, 1.165) is 51.6 Å². The Morgan fingerprint density at radius 1 is 0.933 bits per heavy atom. The Labute approximate surface area is 183 Å². The van der Waals surface area contributed by atoms with Gasteiger partial charge in [0, 0.05) is 32.6 Å². The summed E-state index contributed by atoms with van der Waals surface area (Å²) in [4.78, 5) is 40.4. The van der Waals surface area contributed by atoms with Crippen molar-refractivity contribution in [3.05, 3.63) is 0 Å². The number of urea groups is 1. The lowest BCUT2D eigenvalue weighted by atomic mass is 9.75. The number of hydrogen-bond acceptors (Lipinski definition) is 3. The van der Waals surface area contributed by atoms with Gasteiger partial charge in [0.1, 0.15) is 0 Å². The average Bonchev–Trinajstić information content (AvgIpc) is 2.94. The molecule has 0 aromatic heterocycles. The first kappa shape index (κ1) is 24.7. The molecule has 6 nitrogen and oxygen atoms in total. The first-order valence-corrected chi connectivity index (χ1v) is 11.8. The molecule has 30 heavy (non-hydrogen) atoms. The quantitative estimate of drug-likeness (QED) is 0.488. The van der Waals surface area contributed by atoms with Crippen LogP contribution in [-0.4, -0.2) is 53.8 Å². The van der Waals surface area contributed by atoms with Gasteiger partial charge in [-0.25, -0.2) is 4.79 Å². The third-order valence-corrected chi connectivity index (χ3v) is 6.88. The summed E-state index contributed by atoms with van der Waals surface area (Å²) in [6.45, 7) is 15.8. The molecule has 4 amide bonds. The lowest BCUT2D eigenvalue weighted by Gasteiger charge is -2.38. The van der Waals surface area contributed by atoms with Crippen molar-refractivity contribution in [3.63, 3.8) is 0 Å². The number of nitrogens with one attached hydrogen (secondary N) is 1. The van der Waals surface area contributed by atoms with Crippen molar-refractivity contribution in [1.29, 1.82) is 0 Å². The Morgan fingerprint density at radius 3 is 2.07 bits per heavy atom. The fourth-order valence-electron chi connectivity index (χ4n) is 4.60. The molecule has 2 heterocycles. The minimum absolute atomic E-state index is 0.00463. The van der Waals surface area contributed by atoms with E-state index in [9.17, 15) is 14.4 Å². The molecule has 2 aliphatic rings. The number of likely N-dealkylation sites (tertiary alicyclic amines) is 2. The van der Waals surface area contributed by atoms with Crippen LogP contribution in [0.4, 0.5) is 4.79 Å². The third kappa shape index (κ3) is 6.71. The Balaban J connectivity index is 1.56. The number of nitrogens with zero attached hydrogens (tertiary/aromatic N) is 2. The molecule has 2 rings (SSSR count). The molecule has 0 aromatic carbocycles. The highest BCUT2D eigenvalue weighted by molar-refractivity contribution is 6.03. The summed E-state index contributed by atoms with van der Waals surface area (Å²) >= 11 is 0. The van der Waals surface area contributed by atoms with Gasteiger partial charge in [-0.1, -0.05) is 54.4 Å². The molecule has 0 saturated carbocycles. The minimum Gasteiger partial charge on any atom is -0.338 e. The van der Waals surface area contributed by atoms with Gasteiger partial charge in [0.05, 0.1) is 5.92 Å². The van der Waals surface area contributed by atoms with Crippen LogP contribution in [0.25, 0.3) is 0 Å². The summed E-state index contributed by atoms with van der Waals surface area (Å²) in [5, 5.41) is 3.04. The average molecular weight is 422 g/mol. The molecule has 6 heteroatoms. The van der Waals surface area contributed by atoms with Crippen LogP contribution >= 0.6 is 0 Å². The van der Waals surface area contributed by atoms with Crippen molar-refractivity contribution >= 4 is 17.8 Å². The van der Waals surface area contributed by atoms with Gasteiger partial charge in [-0.2, -0.15) is 0 Å². The van der Waals surface area contributed by atoms with Gasteiger partial charge in [0.2, 0.25) is 11.8 Å². The van der Waals surface area contributed by atoms with Gasteiger partial charge in [-0.15, -0.1) is 0 Å². The van der Waals surface area contributed by atoms with E-state index in [1.54, 1.807) is 0 Å². The number of rotatable bonds is 7. The van der Waals surface area contributed by atoms with E-state index in [0.29, 0.717) is 30.8 Å². The van der Waals surface area contributed by atoms with E-state index < -0.39 is 0 Å². The smallest absolute Gasteiger partial charge is 0.317 e. The molecule has 0 radical (unpaired) electrons. The molecule has 0 aromatic rings. The zero-order valence-corrected chi connectivity index (χ0v) is 20.1. The van der Waals surface area contributed by atoms with Crippen LogP contribution in [0.2, 0.25) is 0 Å². The van der Waals surface area contributed by atoms with Crippen LogP contribution in [0.15, 0.2) is 0 Å². The number of carbonyl (C=O) groups excluding carboxylic acids is 3.